The molecule has 0 aliphatic heterocycles. The molecule has 0 radical (unpaired) electrons. The van der Waals surface area contributed by atoms with E-state index >= 15 is 0 Å². The Hall–Kier alpha value is 0.0800. The number of hydrogen-bond acceptors (Lipinski definition) is 0. The summed E-state index contributed by atoms with van der Waals surface area (Å²) in [5, 5.41) is 2.61. The molecule has 2 aromatic carbocycles. The van der Waals surface area contributed by atoms with Crippen molar-refractivity contribution in [2.24, 2.45) is 0 Å². The highest BCUT2D eigenvalue weighted by Crippen LogP contribution is 2.39. The van der Waals surface area contributed by atoms with E-state index < -0.39 is 0 Å². The fourth-order valence-electron chi connectivity index (χ4n) is 1.63. The Balaban J connectivity index is 2.62. The van der Waals surface area contributed by atoms with Gasteiger partial charge < -0.3 is 0 Å². The van der Waals surface area contributed by atoms with E-state index in [0.717, 1.165) is 22.0 Å². The molecule has 0 heterocycles. The summed E-state index contributed by atoms with van der Waals surface area (Å²) < 4.78 is 0. The maximum atomic E-state index is 6.21. The first-order valence-electron chi connectivity index (χ1n) is 5.02. The molecule has 0 bridgehead atoms. The first-order valence-corrected chi connectivity index (χ1v) is 7.65. The van der Waals surface area contributed by atoms with Crippen LogP contribution in [0.5, 0.6) is 0 Å². The lowest BCUT2D eigenvalue weighted by Gasteiger charge is -2.09. The molecule has 0 saturated heterocycles. The highest BCUT2D eigenvalue weighted by Gasteiger charge is 2.11. The van der Waals surface area contributed by atoms with Crippen LogP contribution in [0.3, 0.4) is 0 Å². The Kier molecular flexibility index (Phi) is 4.85. The molecule has 0 aliphatic rings. The van der Waals surface area contributed by atoms with Crippen LogP contribution in [-0.4, -0.2) is 0 Å². The third-order valence-corrected chi connectivity index (χ3v) is 4.62. The van der Waals surface area contributed by atoms with Gasteiger partial charge in [-0.2, -0.15) is 0 Å². The second-order valence-corrected chi connectivity index (χ2v) is 5.86. The Labute approximate surface area is 134 Å². The summed E-state index contributed by atoms with van der Waals surface area (Å²) in [6.45, 7) is 0. The van der Waals surface area contributed by atoms with E-state index in [0.29, 0.717) is 20.1 Å². The lowest BCUT2D eigenvalue weighted by molar-refractivity contribution is 1.43. The molecule has 0 aliphatic carbocycles. The van der Waals surface area contributed by atoms with Crippen LogP contribution >= 0.6 is 62.3 Å². The standard InChI is InChI=1S/C13H7BrCl4/c14-6-7-3-8(5-9(15)4-7)10-1-2-11(16)13(18)12(10)17/h1-5H,6H2. The van der Waals surface area contributed by atoms with Crippen LogP contribution in [-0.2, 0) is 5.33 Å². The molecule has 18 heavy (non-hydrogen) atoms. The molecule has 0 spiro atoms. The lowest BCUT2D eigenvalue weighted by Crippen LogP contribution is -1.85. The van der Waals surface area contributed by atoms with E-state index in [-0.39, 0.29) is 0 Å². The summed E-state index contributed by atoms with van der Waals surface area (Å²) in [5.74, 6) is 0. The van der Waals surface area contributed by atoms with Gasteiger partial charge in [-0.3, -0.25) is 0 Å². The van der Waals surface area contributed by atoms with Gasteiger partial charge in [0.15, 0.2) is 0 Å². The first-order chi connectivity index (χ1) is 8.52. The number of alkyl halides is 1. The van der Waals surface area contributed by atoms with E-state index in [2.05, 4.69) is 15.9 Å². The highest BCUT2D eigenvalue weighted by atomic mass is 79.9. The summed E-state index contributed by atoms with van der Waals surface area (Å²) in [7, 11) is 0. The summed E-state index contributed by atoms with van der Waals surface area (Å²) in [6.07, 6.45) is 0. The van der Waals surface area contributed by atoms with Crippen molar-refractivity contribution in [3.63, 3.8) is 0 Å². The van der Waals surface area contributed by atoms with Crippen LogP contribution in [0.2, 0.25) is 20.1 Å². The van der Waals surface area contributed by atoms with E-state index in [1.165, 1.54) is 0 Å². The quantitative estimate of drug-likeness (QED) is 0.391. The first kappa shape index (κ1) is 14.5. The minimum atomic E-state index is 0.358. The van der Waals surface area contributed by atoms with Gasteiger partial charge in [-0.1, -0.05) is 74.5 Å². The van der Waals surface area contributed by atoms with Crippen molar-refractivity contribution < 1.29 is 0 Å². The Morgan fingerprint density at radius 2 is 1.61 bits per heavy atom. The molecule has 0 fully saturated rings. The van der Waals surface area contributed by atoms with Crippen molar-refractivity contribution in [3.8, 4) is 11.1 Å². The average Bonchev–Trinajstić information content (AvgIpc) is 2.35. The number of benzene rings is 2. The van der Waals surface area contributed by atoms with Crippen molar-refractivity contribution in [1.82, 2.24) is 0 Å². The molecule has 5 heteroatoms. The molecular formula is C13H7BrCl4. The molecule has 94 valence electrons. The molecule has 2 aromatic rings. The maximum Gasteiger partial charge on any atom is 0.0784 e. The van der Waals surface area contributed by atoms with Gasteiger partial charge in [0.1, 0.15) is 0 Å². The molecule has 2 rings (SSSR count). The molecule has 0 nitrogen and oxygen atoms in total. The zero-order valence-electron chi connectivity index (χ0n) is 8.98. The predicted octanol–water partition coefficient (Wildman–Crippen LogP) is 6.86. The van der Waals surface area contributed by atoms with Crippen LogP contribution in [0.15, 0.2) is 30.3 Å². The summed E-state index contributed by atoms with van der Waals surface area (Å²) >= 11 is 27.6. The highest BCUT2D eigenvalue weighted by molar-refractivity contribution is 9.08. The number of rotatable bonds is 2. The maximum absolute atomic E-state index is 6.21. The molecule has 0 saturated carbocycles. The Morgan fingerprint density at radius 1 is 0.889 bits per heavy atom. The van der Waals surface area contributed by atoms with Gasteiger partial charge in [-0.15, -0.1) is 0 Å². The molecular weight excluding hydrogens is 378 g/mol. The summed E-state index contributed by atoms with van der Waals surface area (Å²) in [5.41, 5.74) is 2.80. The Morgan fingerprint density at radius 3 is 2.28 bits per heavy atom. The van der Waals surface area contributed by atoms with Gasteiger partial charge in [-0.05, 0) is 29.3 Å². The lowest BCUT2D eigenvalue weighted by atomic mass is 10.0. The third kappa shape index (κ3) is 2.97. The predicted molar refractivity (Wildman–Crippen MR) is 84.5 cm³/mol. The van der Waals surface area contributed by atoms with E-state index in [9.17, 15) is 0 Å². The third-order valence-electron chi connectivity index (χ3n) is 2.46. The van der Waals surface area contributed by atoms with E-state index in [4.69, 9.17) is 46.4 Å². The van der Waals surface area contributed by atoms with Crippen LogP contribution in [0.4, 0.5) is 0 Å². The Bertz CT molecular complexity index is 596. The van der Waals surface area contributed by atoms with Crippen molar-refractivity contribution in [3.05, 3.63) is 56.0 Å². The normalized spacial score (nSPS) is 10.7. The fourth-order valence-corrected chi connectivity index (χ4v) is 2.86. The van der Waals surface area contributed by atoms with Crippen LogP contribution < -0.4 is 0 Å². The fraction of sp³-hybridized carbons (Fsp3) is 0.0769. The van der Waals surface area contributed by atoms with Gasteiger partial charge in [0.05, 0.1) is 15.1 Å². The second kappa shape index (κ2) is 6.02. The van der Waals surface area contributed by atoms with Crippen molar-refractivity contribution in [2.45, 2.75) is 5.33 Å². The van der Waals surface area contributed by atoms with Crippen LogP contribution in [0.25, 0.3) is 11.1 Å². The molecule has 0 amide bonds. The van der Waals surface area contributed by atoms with Gasteiger partial charge in [-0.25, -0.2) is 0 Å². The van der Waals surface area contributed by atoms with Crippen molar-refractivity contribution >= 4 is 62.3 Å². The van der Waals surface area contributed by atoms with Crippen LogP contribution in [0, 0.1) is 0 Å². The molecule has 0 aromatic heterocycles. The van der Waals surface area contributed by atoms with Gasteiger partial charge in [0, 0.05) is 15.9 Å². The SMILES string of the molecule is Clc1cc(CBr)cc(-c2ccc(Cl)c(Cl)c2Cl)c1. The van der Waals surface area contributed by atoms with Gasteiger partial charge in [0.2, 0.25) is 0 Å². The number of hydrogen-bond donors (Lipinski definition) is 0. The number of halogens is 5. The minimum absolute atomic E-state index is 0.358. The zero-order chi connectivity index (χ0) is 13.3. The molecule has 0 unspecified atom stereocenters. The van der Waals surface area contributed by atoms with E-state index in [1.807, 2.05) is 24.3 Å². The smallest absolute Gasteiger partial charge is 0.0784 e. The van der Waals surface area contributed by atoms with Gasteiger partial charge in [0.25, 0.3) is 0 Å². The average molecular weight is 385 g/mol. The van der Waals surface area contributed by atoms with Crippen molar-refractivity contribution in [1.29, 1.82) is 0 Å². The minimum Gasteiger partial charge on any atom is -0.0876 e. The summed E-state index contributed by atoms with van der Waals surface area (Å²) in [6, 6.07) is 9.30. The monoisotopic (exact) mass is 382 g/mol. The zero-order valence-corrected chi connectivity index (χ0v) is 13.6. The topological polar surface area (TPSA) is 0 Å². The molecule has 0 N–H and O–H groups in total. The van der Waals surface area contributed by atoms with E-state index in [1.54, 1.807) is 6.07 Å². The second-order valence-electron chi connectivity index (χ2n) is 3.70. The molecule has 0 atom stereocenters. The summed E-state index contributed by atoms with van der Waals surface area (Å²) in [4.78, 5) is 0. The van der Waals surface area contributed by atoms with Gasteiger partial charge >= 0.3 is 0 Å². The van der Waals surface area contributed by atoms with Crippen molar-refractivity contribution in [2.75, 3.05) is 0 Å². The van der Waals surface area contributed by atoms with Crippen LogP contribution in [0.1, 0.15) is 5.56 Å². The largest absolute Gasteiger partial charge is 0.0876 e.